The highest BCUT2D eigenvalue weighted by Gasteiger charge is 2.31. The van der Waals surface area contributed by atoms with Crippen molar-refractivity contribution < 1.29 is 22.3 Å². The number of aromatic nitrogens is 3. The first-order valence-corrected chi connectivity index (χ1v) is 11.0. The number of halogens is 4. The van der Waals surface area contributed by atoms with Crippen molar-refractivity contribution in [3.63, 3.8) is 0 Å². The number of azo groups is 1. The summed E-state index contributed by atoms with van der Waals surface area (Å²) in [6.45, 7) is 2.13. The monoisotopic (exact) mass is 504 g/mol. The normalized spacial score (nSPS) is 14.3. The van der Waals surface area contributed by atoms with Crippen LogP contribution in [0.25, 0.3) is 0 Å². The molecule has 13 heteroatoms. The van der Waals surface area contributed by atoms with Gasteiger partial charge in [0.15, 0.2) is 11.6 Å². The fourth-order valence-corrected chi connectivity index (χ4v) is 3.43. The van der Waals surface area contributed by atoms with E-state index in [1.807, 2.05) is 0 Å². The molecule has 0 saturated carbocycles. The molecule has 1 fully saturated rings. The Morgan fingerprint density at radius 1 is 1.06 bits per heavy atom. The van der Waals surface area contributed by atoms with Crippen molar-refractivity contribution in [3.8, 4) is 0 Å². The third kappa shape index (κ3) is 6.42. The summed E-state index contributed by atoms with van der Waals surface area (Å²) in [5.74, 6) is -0.362. The largest absolute Gasteiger partial charge is 0.416 e. The molecule has 0 aliphatic carbocycles. The molecule has 0 radical (unpaired) electrons. The number of ether oxygens (including phenoxy) is 1. The lowest BCUT2D eigenvalue weighted by Gasteiger charge is -2.27. The van der Waals surface area contributed by atoms with E-state index >= 15 is 0 Å². The van der Waals surface area contributed by atoms with Crippen LogP contribution in [-0.4, -0.2) is 55.4 Å². The zero-order valence-corrected chi connectivity index (χ0v) is 19.6. The van der Waals surface area contributed by atoms with Crippen LogP contribution in [0.15, 0.2) is 53.0 Å². The average Bonchev–Trinajstić information content (AvgIpc) is 2.86. The topological polar surface area (TPSA) is 91.1 Å². The van der Waals surface area contributed by atoms with Crippen molar-refractivity contribution in [2.24, 2.45) is 10.2 Å². The smallest absolute Gasteiger partial charge is 0.378 e. The van der Waals surface area contributed by atoms with Gasteiger partial charge in [0, 0.05) is 38.6 Å². The summed E-state index contributed by atoms with van der Waals surface area (Å²) in [5, 5.41) is 10.9. The van der Waals surface area contributed by atoms with Crippen molar-refractivity contribution >= 4 is 28.8 Å². The predicted molar refractivity (Wildman–Crippen MR) is 127 cm³/mol. The van der Waals surface area contributed by atoms with Crippen LogP contribution in [0.3, 0.4) is 0 Å². The first kappa shape index (κ1) is 25.2. The quantitative estimate of drug-likeness (QED) is 0.359. The van der Waals surface area contributed by atoms with Crippen LogP contribution in [-0.2, 0) is 17.5 Å². The molecular formula is C23H24F4N8O. The van der Waals surface area contributed by atoms with Gasteiger partial charge in [-0.1, -0.05) is 0 Å². The summed E-state index contributed by atoms with van der Waals surface area (Å²) in [5.41, 5.74) is 1.03. The molecule has 1 aliphatic rings. The van der Waals surface area contributed by atoms with Gasteiger partial charge in [-0.2, -0.15) is 23.3 Å². The van der Waals surface area contributed by atoms with Crippen molar-refractivity contribution in [1.29, 1.82) is 0 Å². The van der Waals surface area contributed by atoms with E-state index in [1.54, 1.807) is 42.1 Å². The third-order valence-corrected chi connectivity index (χ3v) is 5.29. The molecule has 1 saturated heterocycles. The SMILES string of the molecule is CN(C)c1cc(Nc2ccc(CN=Nc3ncc(F)c(N4CCOCC4)n3)nc2)cc(C(F)(F)F)c1. The predicted octanol–water partition coefficient (Wildman–Crippen LogP) is 4.96. The molecule has 1 aliphatic heterocycles. The molecular weight excluding hydrogens is 480 g/mol. The van der Waals surface area contributed by atoms with E-state index in [-0.39, 0.29) is 24.0 Å². The maximum atomic E-state index is 14.1. The number of hydrogen-bond donors (Lipinski definition) is 1. The molecule has 1 N–H and O–H groups in total. The standard InChI is InChI=1S/C23H24F4N8O/c1-34(2)19-10-15(23(25,26)27)9-18(11-19)31-17-4-3-16(28-12-17)13-30-33-22-29-14-20(24)21(32-22)35-5-7-36-8-6-35/h3-4,9-12,14,31H,5-8,13H2,1-2H3. The minimum absolute atomic E-state index is 0.0254. The van der Waals surface area contributed by atoms with E-state index in [4.69, 9.17) is 4.74 Å². The molecule has 0 bridgehead atoms. The number of morpholine rings is 1. The van der Waals surface area contributed by atoms with Crippen molar-refractivity contribution in [1.82, 2.24) is 15.0 Å². The minimum atomic E-state index is -4.47. The van der Waals surface area contributed by atoms with Crippen LogP contribution >= 0.6 is 0 Å². The first-order valence-electron chi connectivity index (χ1n) is 11.0. The molecule has 4 rings (SSSR count). The zero-order valence-electron chi connectivity index (χ0n) is 19.6. The van der Waals surface area contributed by atoms with Crippen LogP contribution < -0.4 is 15.1 Å². The third-order valence-electron chi connectivity index (χ3n) is 5.29. The molecule has 1 aromatic carbocycles. The number of nitrogens with one attached hydrogen (secondary N) is 1. The molecule has 3 heterocycles. The van der Waals surface area contributed by atoms with Gasteiger partial charge < -0.3 is 19.9 Å². The van der Waals surface area contributed by atoms with Crippen LogP contribution in [0.2, 0.25) is 0 Å². The van der Waals surface area contributed by atoms with Crippen LogP contribution in [0, 0.1) is 5.82 Å². The number of anilines is 4. The highest BCUT2D eigenvalue weighted by molar-refractivity contribution is 5.66. The Balaban J connectivity index is 1.41. The summed E-state index contributed by atoms with van der Waals surface area (Å²) in [4.78, 5) is 15.6. The van der Waals surface area contributed by atoms with E-state index in [2.05, 4.69) is 30.5 Å². The molecule has 0 amide bonds. The van der Waals surface area contributed by atoms with E-state index in [0.29, 0.717) is 43.4 Å². The van der Waals surface area contributed by atoms with E-state index in [1.165, 1.54) is 6.20 Å². The number of hydrogen-bond acceptors (Lipinski definition) is 9. The lowest BCUT2D eigenvalue weighted by Crippen LogP contribution is -2.37. The first-order chi connectivity index (χ1) is 17.2. The molecule has 2 aromatic heterocycles. The van der Waals surface area contributed by atoms with E-state index in [9.17, 15) is 17.6 Å². The van der Waals surface area contributed by atoms with Crippen molar-refractivity contribution in [2.75, 3.05) is 55.5 Å². The molecule has 0 atom stereocenters. The number of alkyl halides is 3. The van der Waals surface area contributed by atoms with Gasteiger partial charge in [-0.15, -0.1) is 5.11 Å². The second-order valence-electron chi connectivity index (χ2n) is 8.16. The Bertz CT molecular complexity index is 1210. The van der Waals surface area contributed by atoms with E-state index in [0.717, 1.165) is 18.3 Å². The van der Waals surface area contributed by atoms with Crippen molar-refractivity contribution in [2.45, 2.75) is 12.7 Å². The molecule has 9 nitrogen and oxygen atoms in total. The molecule has 0 unspecified atom stereocenters. The zero-order chi connectivity index (χ0) is 25.7. The van der Waals surface area contributed by atoms with Gasteiger partial charge in [-0.3, -0.25) is 4.98 Å². The second kappa shape index (κ2) is 10.8. The number of pyridine rings is 1. The second-order valence-corrected chi connectivity index (χ2v) is 8.16. The fraction of sp³-hybridized carbons (Fsp3) is 0.348. The van der Waals surface area contributed by atoms with Gasteiger partial charge in [-0.05, 0) is 30.3 Å². The summed E-state index contributed by atoms with van der Waals surface area (Å²) in [7, 11) is 3.34. The lowest BCUT2D eigenvalue weighted by atomic mass is 10.1. The molecule has 36 heavy (non-hydrogen) atoms. The fourth-order valence-electron chi connectivity index (χ4n) is 3.43. The maximum Gasteiger partial charge on any atom is 0.416 e. The Morgan fingerprint density at radius 3 is 2.50 bits per heavy atom. The number of rotatable bonds is 7. The Hall–Kier alpha value is -3.87. The molecule has 3 aromatic rings. The Morgan fingerprint density at radius 2 is 1.83 bits per heavy atom. The van der Waals surface area contributed by atoms with Crippen LogP contribution in [0.1, 0.15) is 11.3 Å². The number of nitrogens with zero attached hydrogens (tertiary/aromatic N) is 7. The molecule has 190 valence electrons. The van der Waals surface area contributed by atoms with Gasteiger partial charge in [0.1, 0.15) is 6.54 Å². The number of benzene rings is 1. The Labute approximate surface area is 204 Å². The summed E-state index contributed by atoms with van der Waals surface area (Å²) in [6.07, 6.45) is -1.92. The van der Waals surface area contributed by atoms with Crippen molar-refractivity contribution in [3.05, 3.63) is 59.8 Å². The molecule has 0 spiro atoms. The lowest BCUT2D eigenvalue weighted by molar-refractivity contribution is -0.137. The Kier molecular flexibility index (Phi) is 7.58. The van der Waals surface area contributed by atoms with Gasteiger partial charge in [-0.25, -0.2) is 9.37 Å². The van der Waals surface area contributed by atoms with Gasteiger partial charge in [0.05, 0.1) is 42.6 Å². The van der Waals surface area contributed by atoms with E-state index < -0.39 is 17.6 Å². The minimum Gasteiger partial charge on any atom is -0.378 e. The van der Waals surface area contributed by atoms with Crippen LogP contribution in [0.5, 0.6) is 0 Å². The van der Waals surface area contributed by atoms with Gasteiger partial charge in [0.25, 0.3) is 5.95 Å². The summed E-state index contributed by atoms with van der Waals surface area (Å²) >= 11 is 0. The average molecular weight is 504 g/mol. The highest BCUT2D eigenvalue weighted by atomic mass is 19.4. The summed E-state index contributed by atoms with van der Waals surface area (Å²) < 4.78 is 59.2. The van der Waals surface area contributed by atoms with Gasteiger partial charge in [0.2, 0.25) is 0 Å². The van der Waals surface area contributed by atoms with Crippen LogP contribution in [0.4, 0.5) is 46.4 Å². The summed E-state index contributed by atoms with van der Waals surface area (Å²) in [6, 6.07) is 7.10. The maximum absolute atomic E-state index is 14.1. The van der Waals surface area contributed by atoms with Gasteiger partial charge >= 0.3 is 6.18 Å². The highest BCUT2D eigenvalue weighted by Crippen LogP contribution is 2.35.